The maximum Gasteiger partial charge on any atom is 0.147 e. The predicted octanol–water partition coefficient (Wildman–Crippen LogP) is 3.65. The summed E-state index contributed by atoms with van der Waals surface area (Å²) in [4.78, 5) is 20.4. The highest BCUT2D eigenvalue weighted by Gasteiger charge is 2.19. The van der Waals surface area contributed by atoms with Gasteiger partial charge in [0.2, 0.25) is 0 Å². The molecular formula is C21H25N7OS. The molecule has 1 aliphatic rings. The summed E-state index contributed by atoms with van der Waals surface area (Å²) in [5.41, 5.74) is 1.21. The maximum absolute atomic E-state index is 11.9. The van der Waals surface area contributed by atoms with Gasteiger partial charge < -0.3 is 10.6 Å². The van der Waals surface area contributed by atoms with Crippen molar-refractivity contribution >= 4 is 34.1 Å². The van der Waals surface area contributed by atoms with Crippen LogP contribution in [0.15, 0.2) is 53.9 Å². The van der Waals surface area contributed by atoms with Gasteiger partial charge in [0.1, 0.15) is 29.6 Å². The number of hydrogen-bond donors (Lipinski definition) is 2. The normalized spacial score (nSPS) is 16.2. The summed E-state index contributed by atoms with van der Waals surface area (Å²) in [5.74, 6) is 2.39. The van der Waals surface area contributed by atoms with Crippen molar-refractivity contribution in [1.82, 2.24) is 24.8 Å². The van der Waals surface area contributed by atoms with Crippen molar-refractivity contribution < 1.29 is 4.21 Å². The summed E-state index contributed by atoms with van der Waals surface area (Å²) in [6.45, 7) is 4.54. The molecule has 2 N–H and O–H groups in total. The lowest BCUT2D eigenvalue weighted by molar-refractivity contribution is 0.263. The van der Waals surface area contributed by atoms with Gasteiger partial charge in [-0.1, -0.05) is 6.07 Å². The van der Waals surface area contributed by atoms with E-state index in [1.165, 1.54) is 24.7 Å². The van der Waals surface area contributed by atoms with E-state index in [2.05, 4.69) is 48.5 Å². The second-order valence-corrected chi connectivity index (χ2v) is 8.59. The van der Waals surface area contributed by atoms with E-state index < -0.39 is 10.8 Å². The van der Waals surface area contributed by atoms with Crippen molar-refractivity contribution in [3.8, 4) is 0 Å². The lowest BCUT2D eigenvalue weighted by atomic mass is 10.1. The Morgan fingerprint density at radius 1 is 1.00 bits per heavy atom. The van der Waals surface area contributed by atoms with Gasteiger partial charge >= 0.3 is 0 Å². The second kappa shape index (κ2) is 9.27. The molecule has 0 aliphatic carbocycles. The highest BCUT2D eigenvalue weighted by atomic mass is 32.2. The summed E-state index contributed by atoms with van der Waals surface area (Å²) < 4.78 is 11.9. The van der Waals surface area contributed by atoms with Crippen LogP contribution in [0, 0.1) is 0 Å². The molecule has 0 spiro atoms. The average molecular weight is 424 g/mol. The number of anilines is 4. The molecular weight excluding hydrogens is 398 g/mol. The van der Waals surface area contributed by atoms with Crippen LogP contribution in [0.3, 0.4) is 0 Å². The van der Waals surface area contributed by atoms with E-state index >= 15 is 0 Å². The minimum atomic E-state index is -1.16. The Hall–Kier alpha value is -2.91. The molecule has 4 heterocycles. The zero-order chi connectivity index (χ0) is 20.9. The Balaban J connectivity index is 1.45. The van der Waals surface area contributed by atoms with Crippen molar-refractivity contribution in [3.05, 3.63) is 54.6 Å². The minimum absolute atomic E-state index is 0.376. The first-order valence-corrected chi connectivity index (χ1v) is 11.5. The minimum Gasteiger partial charge on any atom is -0.325 e. The summed E-state index contributed by atoms with van der Waals surface area (Å²) in [6.07, 6.45) is 9.19. The third kappa shape index (κ3) is 4.80. The molecule has 1 aliphatic heterocycles. The average Bonchev–Trinajstić information content (AvgIpc) is 3.29. The first kappa shape index (κ1) is 20.4. The van der Waals surface area contributed by atoms with Gasteiger partial charge in [0.25, 0.3) is 0 Å². The molecule has 0 aromatic carbocycles. The van der Waals surface area contributed by atoms with E-state index in [1.807, 2.05) is 12.3 Å². The van der Waals surface area contributed by atoms with E-state index in [9.17, 15) is 4.21 Å². The van der Waals surface area contributed by atoms with Crippen molar-refractivity contribution in [2.24, 2.45) is 0 Å². The smallest absolute Gasteiger partial charge is 0.147 e. The van der Waals surface area contributed by atoms with E-state index in [1.54, 1.807) is 30.7 Å². The zero-order valence-electron chi connectivity index (χ0n) is 17.1. The van der Waals surface area contributed by atoms with Gasteiger partial charge in [-0.2, -0.15) is 0 Å². The molecule has 0 amide bonds. The molecule has 156 valence electrons. The number of rotatable bonds is 7. The highest BCUT2D eigenvalue weighted by Crippen LogP contribution is 2.25. The van der Waals surface area contributed by atoms with Crippen LogP contribution in [0.4, 0.5) is 23.3 Å². The van der Waals surface area contributed by atoms with Crippen LogP contribution < -0.4 is 10.6 Å². The Labute approximate surface area is 178 Å². The molecule has 1 fully saturated rings. The number of hydrogen-bond acceptors (Lipinski definition) is 8. The van der Waals surface area contributed by atoms with Crippen LogP contribution in [-0.4, -0.2) is 48.4 Å². The van der Waals surface area contributed by atoms with Crippen LogP contribution >= 0.6 is 0 Å². The van der Waals surface area contributed by atoms with Gasteiger partial charge in [0, 0.05) is 30.8 Å². The van der Waals surface area contributed by atoms with Crippen LogP contribution in [0.25, 0.3) is 0 Å². The van der Waals surface area contributed by atoms with Crippen molar-refractivity contribution in [1.29, 1.82) is 0 Å². The molecule has 30 heavy (non-hydrogen) atoms. The van der Waals surface area contributed by atoms with Gasteiger partial charge in [-0.15, -0.1) is 0 Å². The lowest BCUT2D eigenvalue weighted by Gasteiger charge is -2.23. The summed E-state index contributed by atoms with van der Waals surface area (Å²) in [5, 5.41) is 6.32. The van der Waals surface area contributed by atoms with Crippen LogP contribution in [0.1, 0.15) is 31.4 Å². The van der Waals surface area contributed by atoms with Crippen molar-refractivity contribution in [2.75, 3.05) is 30.0 Å². The molecule has 1 saturated heterocycles. The third-order valence-corrected chi connectivity index (χ3v) is 6.16. The number of aromatic nitrogens is 4. The SMILES string of the molecule is CC(c1ccc(Nc2cc(Nc3ncccc3S(C)=O)ncn2)nc1)N1CCCC1. The van der Waals surface area contributed by atoms with Crippen LogP contribution in [0.2, 0.25) is 0 Å². The Kier molecular flexibility index (Phi) is 6.29. The van der Waals surface area contributed by atoms with E-state index in [4.69, 9.17) is 0 Å². The molecule has 3 aromatic rings. The Bertz CT molecular complexity index is 1020. The fourth-order valence-corrected chi connectivity index (χ4v) is 4.18. The summed E-state index contributed by atoms with van der Waals surface area (Å²) in [7, 11) is -1.16. The van der Waals surface area contributed by atoms with Gasteiger partial charge in [-0.05, 0) is 56.6 Å². The molecule has 3 aromatic heterocycles. The first-order valence-electron chi connectivity index (χ1n) is 9.94. The molecule has 2 atom stereocenters. The topological polar surface area (TPSA) is 95.9 Å². The molecule has 8 nitrogen and oxygen atoms in total. The Morgan fingerprint density at radius 3 is 2.47 bits per heavy atom. The van der Waals surface area contributed by atoms with E-state index in [0.717, 1.165) is 13.1 Å². The fourth-order valence-electron chi connectivity index (χ4n) is 3.53. The molecule has 2 unspecified atom stereocenters. The third-order valence-electron chi connectivity index (χ3n) is 5.21. The van der Waals surface area contributed by atoms with Gasteiger partial charge in [0.05, 0.1) is 15.7 Å². The number of likely N-dealkylation sites (tertiary alicyclic amines) is 1. The summed E-state index contributed by atoms with van der Waals surface area (Å²) >= 11 is 0. The molecule has 0 radical (unpaired) electrons. The number of pyridine rings is 2. The van der Waals surface area contributed by atoms with Crippen molar-refractivity contribution in [3.63, 3.8) is 0 Å². The van der Waals surface area contributed by atoms with Crippen LogP contribution in [0.5, 0.6) is 0 Å². The fraction of sp³-hybridized carbons (Fsp3) is 0.333. The number of nitrogens with zero attached hydrogens (tertiary/aromatic N) is 5. The largest absolute Gasteiger partial charge is 0.325 e. The van der Waals surface area contributed by atoms with E-state index in [0.29, 0.717) is 34.2 Å². The van der Waals surface area contributed by atoms with Crippen LogP contribution in [-0.2, 0) is 10.8 Å². The van der Waals surface area contributed by atoms with Gasteiger partial charge in [-0.25, -0.2) is 19.9 Å². The number of nitrogens with one attached hydrogen (secondary N) is 2. The van der Waals surface area contributed by atoms with Crippen molar-refractivity contribution in [2.45, 2.75) is 30.7 Å². The first-order chi connectivity index (χ1) is 14.6. The monoisotopic (exact) mass is 423 g/mol. The van der Waals surface area contributed by atoms with E-state index in [-0.39, 0.29) is 0 Å². The Morgan fingerprint density at radius 2 is 1.77 bits per heavy atom. The predicted molar refractivity (Wildman–Crippen MR) is 119 cm³/mol. The van der Waals surface area contributed by atoms with Gasteiger partial charge in [0.15, 0.2) is 0 Å². The molecule has 4 rings (SSSR count). The standard InChI is InChI=1S/C21H25N7OS/c1-15(28-10-3-4-11-28)16-7-8-18(23-13-16)26-19-12-20(25-14-24-19)27-21-17(30(2)29)6-5-9-22-21/h5-9,12-15H,3-4,10-11H2,1-2H3,(H2,22,23,24,25,26,27). The highest BCUT2D eigenvalue weighted by molar-refractivity contribution is 7.84. The lowest BCUT2D eigenvalue weighted by Crippen LogP contribution is -2.23. The molecule has 9 heteroatoms. The quantitative estimate of drug-likeness (QED) is 0.595. The second-order valence-electron chi connectivity index (χ2n) is 7.24. The van der Waals surface area contributed by atoms with Gasteiger partial charge in [-0.3, -0.25) is 9.11 Å². The maximum atomic E-state index is 11.9. The molecule has 0 saturated carbocycles. The summed E-state index contributed by atoms with van der Waals surface area (Å²) in [6, 6.07) is 9.75. The molecule has 0 bridgehead atoms. The zero-order valence-corrected chi connectivity index (χ0v) is 17.9.